The molecule has 0 saturated carbocycles. The number of alkyl halides is 2. The predicted molar refractivity (Wildman–Crippen MR) is 541 cm³/mol. The standard InChI is InChI=1S/C28H42FN3O5Si.C28H45N3O7Si.C28H43N3O6Si.C17H20FN3O3/c1-19-22(14-21(15-30-19)31-25(33)37-26(2,3)4)20-12-23(28(16-29)17-34-18-28)32-24(13-20)35-10-11-36-38(8,9)27(5,6)7;1-19-22(14-21(15-29-19)30-25(35)38-26(2,3)4)20-12-23(28(16-32,17-33)18-34)31-24(13-20)36-10-11-37-39(8,9)27(5,6)7;1-19-22(14-21(15-29-19)30-25(33)37-26(2,3)4)20-12-23(28(16-32)17-34-18-28)31-24(13-20)35-10-11-36-38(8,9)27(5,6)7;1-11-14(6-13(19)7-20-11)12-4-15(17(8-18)9-23-10-17)21-16(5-12)24-3-2-22/h12-15H,10-11,16-18H2,1-9H3,(H,31,33);12-15,32-34H,10-11,16-18H2,1-9H3,(H,30,35);12-15,32H,10-11,16-18H2,1-9H3,(H,30,33);4-7,22H,2-3,8-10,19H2,1H3. The van der Waals surface area contributed by atoms with Gasteiger partial charge in [-0.05, 0) is 215 Å². The van der Waals surface area contributed by atoms with Gasteiger partial charge in [-0.2, -0.15) is 0 Å². The van der Waals surface area contributed by atoms with E-state index in [9.17, 15) is 43.6 Å². The molecule has 8 aromatic heterocycles. The molecule has 0 aliphatic carbocycles. The minimum absolute atomic E-state index is 0.0597. The summed E-state index contributed by atoms with van der Waals surface area (Å²) in [7, 11) is -5.77. The number of carbonyl (C=O) groups is 3. The van der Waals surface area contributed by atoms with Crippen molar-refractivity contribution in [3.63, 3.8) is 0 Å². The summed E-state index contributed by atoms with van der Waals surface area (Å²) in [5, 5.41) is 57.8. The van der Waals surface area contributed by atoms with E-state index in [0.29, 0.717) is 121 Å². The lowest BCUT2D eigenvalue weighted by Crippen LogP contribution is -2.50. The van der Waals surface area contributed by atoms with Gasteiger partial charge in [0.15, 0.2) is 25.0 Å². The number of carbonyl (C=O) groups excluding carboxylic acids is 3. The van der Waals surface area contributed by atoms with Crippen LogP contribution in [0.4, 0.5) is 45.9 Å². The van der Waals surface area contributed by atoms with Crippen LogP contribution in [0.3, 0.4) is 0 Å². The van der Waals surface area contributed by atoms with Crippen LogP contribution in [0.15, 0.2) is 97.6 Å². The molecule has 3 saturated heterocycles. The van der Waals surface area contributed by atoms with Gasteiger partial charge in [0.2, 0.25) is 23.5 Å². The molecule has 3 aliphatic rings. The zero-order chi connectivity index (χ0) is 104. The van der Waals surface area contributed by atoms with Gasteiger partial charge in [0, 0.05) is 69.3 Å². The number of pyridine rings is 8. The topological polar surface area (TPSA) is 438 Å². The number of nitrogens with zero attached hydrogens (tertiary/aromatic N) is 8. The second kappa shape index (κ2) is 47.3. The van der Waals surface area contributed by atoms with Gasteiger partial charge >= 0.3 is 18.3 Å². The Hall–Kier alpha value is -9.92. The summed E-state index contributed by atoms with van der Waals surface area (Å²) in [6, 6.07) is 21.6. The summed E-state index contributed by atoms with van der Waals surface area (Å²) in [6.07, 6.45) is 4.55. The number of aliphatic hydroxyl groups excluding tert-OH is 5. The average Bonchev–Trinajstić information content (AvgIpc) is 0.767. The van der Waals surface area contributed by atoms with Gasteiger partial charge in [-0.25, -0.2) is 43.1 Å². The van der Waals surface area contributed by atoms with Gasteiger partial charge < -0.3 is 91.9 Å². The van der Waals surface area contributed by atoms with Gasteiger partial charge in [-0.1, -0.05) is 62.3 Å². The zero-order valence-electron chi connectivity index (χ0n) is 86.6. The van der Waals surface area contributed by atoms with Crippen LogP contribution in [0.2, 0.25) is 54.4 Å². The SMILES string of the molecule is Cc1ncc(N)cc1-c1cc(OCCO)nc(C2(CF)COC2)c1.Cc1ncc(NC(=O)OC(C)(C)C)cc1-c1cc(OCCO[Si](C)(C)C(C)(C)C)nc(C(CO)(CO)CO)c1.Cc1ncc(NC(=O)OC(C)(C)C)cc1-c1cc(OCCO[Si](C)(C)C(C)(C)C)nc(C2(CF)COC2)c1.Cc1ncc(NC(=O)OC(C)(C)C)cc1-c1cc(OCCO[Si](C)(C)C(C)(C)C)nc(C2(CO)COC2)c1. The molecular formula is C101H150F2N12O21Si3. The van der Waals surface area contributed by atoms with E-state index in [1.165, 1.54) is 6.20 Å². The Morgan fingerprint density at radius 3 is 0.914 bits per heavy atom. The van der Waals surface area contributed by atoms with Crippen LogP contribution >= 0.6 is 0 Å². The van der Waals surface area contributed by atoms with Gasteiger partial charge in [0.1, 0.15) is 56.6 Å². The molecule has 3 fully saturated rings. The smallest absolute Gasteiger partial charge is 0.412 e. The normalized spacial score (nSPS) is 14.8. The highest BCUT2D eigenvalue weighted by Gasteiger charge is 2.47. The summed E-state index contributed by atoms with van der Waals surface area (Å²) in [6.45, 7) is 57.6. The van der Waals surface area contributed by atoms with Crippen molar-refractivity contribution in [3.8, 4) is 68.0 Å². The molecule has 8 aromatic rings. The summed E-state index contributed by atoms with van der Waals surface area (Å²) in [4.78, 5) is 72.9. The van der Waals surface area contributed by atoms with E-state index in [1.807, 2.05) is 97.0 Å². The first-order chi connectivity index (χ1) is 64.6. The van der Waals surface area contributed by atoms with E-state index in [0.717, 1.165) is 50.5 Å². The highest BCUT2D eigenvalue weighted by Crippen LogP contribution is 2.44. The highest BCUT2D eigenvalue weighted by atomic mass is 28.4. The van der Waals surface area contributed by atoms with E-state index >= 15 is 0 Å². The van der Waals surface area contributed by atoms with Gasteiger partial charge in [0.25, 0.3) is 0 Å². The number of rotatable bonds is 35. The first-order valence-corrected chi connectivity index (χ1v) is 55.4. The lowest BCUT2D eigenvalue weighted by molar-refractivity contribution is -0.0863. The number of aliphatic hydroxyl groups is 5. The molecule has 0 bridgehead atoms. The maximum atomic E-state index is 14.2. The van der Waals surface area contributed by atoms with Gasteiger partial charge in [-0.3, -0.25) is 35.9 Å². The van der Waals surface area contributed by atoms with Crippen molar-refractivity contribution in [1.82, 2.24) is 39.9 Å². The largest absolute Gasteiger partial charge is 0.475 e. The third kappa shape index (κ3) is 31.5. The van der Waals surface area contributed by atoms with E-state index in [1.54, 1.807) is 84.4 Å². The number of nitrogens with two attached hydrogens (primary N) is 1. The summed E-state index contributed by atoms with van der Waals surface area (Å²) >= 11 is 0. The Morgan fingerprint density at radius 1 is 0.381 bits per heavy atom. The molecule has 33 nitrogen and oxygen atoms in total. The minimum Gasteiger partial charge on any atom is -0.475 e. The number of hydrogen-bond donors (Lipinski definition) is 9. The maximum Gasteiger partial charge on any atom is 0.412 e. The molecule has 10 N–H and O–H groups in total. The number of ether oxygens (including phenoxy) is 10. The van der Waals surface area contributed by atoms with Crippen LogP contribution in [0.25, 0.3) is 44.5 Å². The second-order valence-electron chi connectivity index (χ2n) is 43.1. The van der Waals surface area contributed by atoms with E-state index in [-0.39, 0.29) is 79.5 Å². The molecule has 11 rings (SSSR count). The quantitative estimate of drug-likeness (QED) is 0.0101. The highest BCUT2D eigenvalue weighted by molar-refractivity contribution is 6.75. The summed E-state index contributed by atoms with van der Waals surface area (Å²) in [5.74, 6) is 1.38. The number of amides is 3. The minimum atomic E-state index is -1.96. The molecule has 0 aromatic carbocycles. The van der Waals surface area contributed by atoms with Gasteiger partial charge in [0.05, 0.1) is 184 Å². The van der Waals surface area contributed by atoms with Crippen LogP contribution in [0.1, 0.15) is 170 Å². The fraction of sp³-hybridized carbons (Fsp3) is 0.574. The number of nitrogens with one attached hydrogen (secondary N) is 3. The molecule has 3 amide bonds. The Balaban J connectivity index is 0.000000230. The number of nitrogen functional groups attached to an aromatic ring is 1. The van der Waals surface area contributed by atoms with Crippen LogP contribution in [0.5, 0.6) is 23.5 Å². The fourth-order valence-corrected chi connectivity index (χ4v) is 16.4. The number of halogens is 2. The Labute approximate surface area is 821 Å². The van der Waals surface area contributed by atoms with Crippen molar-refractivity contribution >= 4 is 66.0 Å². The van der Waals surface area contributed by atoms with Crippen LogP contribution in [-0.2, 0) is 63.4 Å². The number of anilines is 4. The summed E-state index contributed by atoms with van der Waals surface area (Å²) < 4.78 is 102. The Bertz CT molecular complexity index is 5240. The zero-order valence-corrected chi connectivity index (χ0v) is 89.6. The molecule has 0 radical (unpaired) electrons. The predicted octanol–water partition coefficient (Wildman–Crippen LogP) is 18.0. The molecule has 0 spiro atoms. The molecule has 38 heteroatoms. The fourth-order valence-electron chi connectivity index (χ4n) is 13.3. The average molecular weight is 1990 g/mol. The first kappa shape index (κ1) is 114. The molecule has 11 heterocycles. The van der Waals surface area contributed by atoms with Crippen molar-refractivity contribution in [2.45, 2.75) is 245 Å². The molecule has 0 unspecified atom stereocenters. The number of hydrogen-bond acceptors (Lipinski definition) is 30. The van der Waals surface area contributed by atoms with Crippen LogP contribution in [-0.4, -0.2) is 258 Å². The van der Waals surface area contributed by atoms with Crippen molar-refractivity contribution in [1.29, 1.82) is 0 Å². The Morgan fingerprint density at radius 2 is 0.655 bits per heavy atom. The van der Waals surface area contributed by atoms with Crippen LogP contribution < -0.4 is 40.6 Å². The number of aromatic nitrogens is 8. The lowest BCUT2D eigenvalue weighted by Gasteiger charge is -2.39. The monoisotopic (exact) mass is 1990 g/mol. The third-order valence-corrected chi connectivity index (χ3v) is 38.7. The lowest BCUT2D eigenvalue weighted by atomic mass is 9.82. The summed E-state index contributed by atoms with van der Waals surface area (Å²) in [5.41, 5.74) is 13.5. The molecule has 0 atom stereocenters. The molecule has 766 valence electrons. The van der Waals surface area contributed by atoms with E-state index < -0.39 is 115 Å². The Kier molecular flexibility index (Phi) is 38.9. The number of aryl methyl sites for hydroxylation is 4. The molecular weight excluding hydrogens is 1840 g/mol. The second-order valence-corrected chi connectivity index (χ2v) is 57.5. The van der Waals surface area contributed by atoms with Crippen molar-refractivity contribution in [3.05, 3.63) is 143 Å². The van der Waals surface area contributed by atoms with Gasteiger partial charge in [-0.15, -0.1) is 0 Å². The third-order valence-electron chi connectivity index (χ3n) is 25.1. The molecule has 139 heavy (non-hydrogen) atoms. The van der Waals surface area contributed by atoms with Crippen LogP contribution in [0, 0.1) is 27.7 Å². The van der Waals surface area contributed by atoms with E-state index in [2.05, 4.69) is 152 Å². The molecule has 3 aliphatic heterocycles. The maximum absolute atomic E-state index is 14.2. The van der Waals surface area contributed by atoms with Crippen molar-refractivity contribution in [2.24, 2.45) is 0 Å². The van der Waals surface area contributed by atoms with E-state index in [4.69, 9.17) is 76.5 Å². The van der Waals surface area contributed by atoms with Crippen molar-refractivity contribution < 1.29 is 109 Å². The first-order valence-electron chi connectivity index (χ1n) is 46.7. The van der Waals surface area contributed by atoms with Crippen molar-refractivity contribution in [2.75, 3.05) is 154 Å².